The third-order valence-electron chi connectivity index (χ3n) is 3.66. The lowest BCUT2D eigenvalue weighted by Crippen LogP contribution is -2.23. The summed E-state index contributed by atoms with van der Waals surface area (Å²) in [6.07, 6.45) is 0. The molecular weight excluding hydrogens is 400 g/mol. The number of amides is 1. The molecule has 0 saturated heterocycles. The molecule has 0 aliphatic carbocycles. The number of aryl methyl sites for hydroxylation is 1. The molecule has 1 aromatic carbocycles. The fraction of sp³-hybridized carbons (Fsp3) is 0.333. The first-order valence-electron chi connectivity index (χ1n) is 8.47. The van der Waals surface area contributed by atoms with Gasteiger partial charge in [-0.25, -0.2) is 9.97 Å². The number of hydrogen-bond donors (Lipinski definition) is 2. The van der Waals surface area contributed by atoms with Crippen molar-refractivity contribution in [2.24, 2.45) is 0 Å². The zero-order valence-electron chi connectivity index (χ0n) is 15.2. The summed E-state index contributed by atoms with van der Waals surface area (Å²) in [5, 5.41) is 3.46. The van der Waals surface area contributed by atoms with Gasteiger partial charge in [-0.3, -0.25) is 9.59 Å². The Kier molecular flexibility index (Phi) is 6.56. The first-order chi connectivity index (χ1) is 12.9. The quantitative estimate of drug-likeness (QED) is 0.443. The van der Waals surface area contributed by atoms with Crippen LogP contribution in [0.3, 0.4) is 0 Å². The molecule has 0 aliphatic rings. The molecule has 27 heavy (non-hydrogen) atoms. The normalized spacial score (nSPS) is 12.3. The van der Waals surface area contributed by atoms with Crippen molar-refractivity contribution >= 4 is 56.1 Å². The lowest BCUT2D eigenvalue weighted by molar-refractivity contribution is -0.115. The molecule has 1 amide bonds. The lowest BCUT2D eigenvalue weighted by Gasteiger charge is -2.10. The Bertz CT molecular complexity index is 1020. The predicted octanol–water partition coefficient (Wildman–Crippen LogP) is 4.06. The molecular formula is C18H20N4O2S3. The van der Waals surface area contributed by atoms with Gasteiger partial charge in [0.1, 0.15) is 0 Å². The predicted molar refractivity (Wildman–Crippen MR) is 115 cm³/mol. The molecule has 6 nitrogen and oxygen atoms in total. The fourth-order valence-corrected chi connectivity index (χ4v) is 4.69. The van der Waals surface area contributed by atoms with Crippen molar-refractivity contribution in [3.8, 4) is 0 Å². The standard InChI is InChI=1S/C18H20N4O2S3/c1-4-25-9-12-8-15(23)21-17(19-12)26-11(3)16(24)22-18-20-13-6-5-10(2)7-14(13)27-18/h5-8,11H,4,9H2,1-3H3,(H,19,21,23)(H,20,22,24). The fourth-order valence-electron chi connectivity index (χ4n) is 2.33. The minimum Gasteiger partial charge on any atom is -0.301 e. The highest BCUT2D eigenvalue weighted by Crippen LogP contribution is 2.28. The van der Waals surface area contributed by atoms with E-state index in [0.29, 0.717) is 16.0 Å². The molecule has 0 radical (unpaired) electrons. The number of benzene rings is 1. The number of carbonyl (C=O) groups excluding carboxylic acids is 1. The number of carbonyl (C=O) groups is 1. The molecule has 0 spiro atoms. The van der Waals surface area contributed by atoms with Crippen LogP contribution in [0.25, 0.3) is 10.2 Å². The maximum atomic E-state index is 12.5. The van der Waals surface area contributed by atoms with E-state index in [1.54, 1.807) is 18.7 Å². The van der Waals surface area contributed by atoms with Crippen molar-refractivity contribution in [2.75, 3.05) is 11.1 Å². The maximum Gasteiger partial charge on any atom is 0.251 e. The van der Waals surface area contributed by atoms with E-state index >= 15 is 0 Å². The highest BCUT2D eigenvalue weighted by atomic mass is 32.2. The van der Waals surface area contributed by atoms with Gasteiger partial charge in [0.15, 0.2) is 10.3 Å². The van der Waals surface area contributed by atoms with E-state index in [9.17, 15) is 9.59 Å². The van der Waals surface area contributed by atoms with Crippen LogP contribution in [0.4, 0.5) is 5.13 Å². The van der Waals surface area contributed by atoms with Crippen LogP contribution in [0.1, 0.15) is 25.1 Å². The summed E-state index contributed by atoms with van der Waals surface area (Å²) in [5.74, 6) is 1.46. The summed E-state index contributed by atoms with van der Waals surface area (Å²) in [5.41, 5.74) is 2.55. The van der Waals surface area contributed by atoms with Crippen LogP contribution in [-0.4, -0.2) is 31.9 Å². The Morgan fingerprint density at radius 1 is 1.33 bits per heavy atom. The molecule has 0 fully saturated rings. The van der Waals surface area contributed by atoms with Gasteiger partial charge in [0.2, 0.25) is 5.91 Å². The molecule has 142 valence electrons. The van der Waals surface area contributed by atoms with E-state index < -0.39 is 5.25 Å². The largest absolute Gasteiger partial charge is 0.301 e. The third-order valence-corrected chi connectivity index (χ3v) is 6.48. The second-order valence-corrected chi connectivity index (χ2v) is 9.55. The minimum absolute atomic E-state index is 0.174. The molecule has 0 aliphatic heterocycles. The molecule has 3 rings (SSSR count). The van der Waals surface area contributed by atoms with E-state index in [1.807, 2.05) is 19.1 Å². The number of thioether (sulfide) groups is 2. The Morgan fingerprint density at radius 2 is 2.15 bits per heavy atom. The molecule has 3 aromatic rings. The van der Waals surface area contributed by atoms with E-state index in [0.717, 1.165) is 27.2 Å². The van der Waals surface area contributed by atoms with Gasteiger partial charge in [0.25, 0.3) is 5.56 Å². The highest BCUT2D eigenvalue weighted by Gasteiger charge is 2.18. The van der Waals surface area contributed by atoms with Crippen molar-refractivity contribution in [1.82, 2.24) is 15.0 Å². The lowest BCUT2D eigenvalue weighted by atomic mass is 10.2. The molecule has 1 unspecified atom stereocenters. The maximum absolute atomic E-state index is 12.5. The SMILES string of the molecule is CCSCc1cc(=O)[nH]c(SC(C)C(=O)Nc2nc3ccc(C)cc3s2)n1. The summed E-state index contributed by atoms with van der Waals surface area (Å²) < 4.78 is 1.04. The van der Waals surface area contributed by atoms with Crippen molar-refractivity contribution < 1.29 is 4.79 Å². The Labute approximate surface area is 169 Å². The van der Waals surface area contributed by atoms with Gasteiger partial charge < -0.3 is 10.3 Å². The monoisotopic (exact) mass is 420 g/mol. The summed E-state index contributed by atoms with van der Waals surface area (Å²) in [6, 6.07) is 7.50. The average Bonchev–Trinajstić information content (AvgIpc) is 3.00. The van der Waals surface area contributed by atoms with Gasteiger partial charge in [0.05, 0.1) is 21.2 Å². The number of aromatic nitrogens is 3. The molecule has 2 heterocycles. The zero-order valence-corrected chi connectivity index (χ0v) is 17.7. The van der Waals surface area contributed by atoms with E-state index in [1.165, 1.54) is 29.2 Å². The molecule has 1 atom stereocenters. The number of aromatic amines is 1. The molecule has 9 heteroatoms. The van der Waals surface area contributed by atoms with E-state index in [2.05, 4.69) is 33.3 Å². The second-order valence-electron chi connectivity index (χ2n) is 5.92. The molecule has 0 saturated carbocycles. The van der Waals surface area contributed by atoms with Gasteiger partial charge >= 0.3 is 0 Å². The van der Waals surface area contributed by atoms with Crippen molar-refractivity contribution in [1.29, 1.82) is 0 Å². The van der Waals surface area contributed by atoms with E-state index in [4.69, 9.17) is 0 Å². The molecule has 0 bridgehead atoms. The number of hydrogen-bond acceptors (Lipinski definition) is 7. The van der Waals surface area contributed by atoms with Gasteiger partial charge in [-0.15, -0.1) is 0 Å². The van der Waals surface area contributed by atoms with Crippen LogP contribution in [0, 0.1) is 6.92 Å². The van der Waals surface area contributed by atoms with Crippen LogP contribution in [0.15, 0.2) is 34.2 Å². The van der Waals surface area contributed by atoms with Crippen LogP contribution in [0.5, 0.6) is 0 Å². The molecule has 2 N–H and O–H groups in total. The smallest absolute Gasteiger partial charge is 0.251 e. The second kappa shape index (κ2) is 8.90. The summed E-state index contributed by atoms with van der Waals surface area (Å²) in [7, 11) is 0. The Balaban J connectivity index is 1.68. The topological polar surface area (TPSA) is 87.7 Å². The van der Waals surface area contributed by atoms with Crippen LogP contribution >= 0.6 is 34.9 Å². The summed E-state index contributed by atoms with van der Waals surface area (Å²) >= 11 is 4.38. The summed E-state index contributed by atoms with van der Waals surface area (Å²) in [4.78, 5) is 35.9. The highest BCUT2D eigenvalue weighted by molar-refractivity contribution is 8.00. The Hall–Kier alpha value is -1.84. The third kappa shape index (κ3) is 5.33. The zero-order chi connectivity index (χ0) is 19.4. The first-order valence-corrected chi connectivity index (χ1v) is 11.3. The van der Waals surface area contributed by atoms with Crippen molar-refractivity contribution in [3.05, 3.63) is 45.9 Å². The Morgan fingerprint density at radius 3 is 2.93 bits per heavy atom. The number of H-pyrrole nitrogens is 1. The summed E-state index contributed by atoms with van der Waals surface area (Å²) in [6.45, 7) is 5.87. The van der Waals surface area contributed by atoms with Gasteiger partial charge in [-0.2, -0.15) is 11.8 Å². The van der Waals surface area contributed by atoms with Gasteiger partial charge in [-0.1, -0.05) is 36.1 Å². The number of thiazole rings is 1. The first kappa shape index (κ1) is 19.9. The number of nitrogens with zero attached hydrogens (tertiary/aromatic N) is 2. The van der Waals surface area contributed by atoms with Gasteiger partial charge in [0, 0.05) is 11.8 Å². The van der Waals surface area contributed by atoms with Crippen LogP contribution in [0.2, 0.25) is 0 Å². The number of nitrogens with one attached hydrogen (secondary N) is 2. The average molecular weight is 421 g/mol. The van der Waals surface area contributed by atoms with E-state index in [-0.39, 0.29) is 11.5 Å². The van der Waals surface area contributed by atoms with Gasteiger partial charge in [-0.05, 0) is 37.3 Å². The number of anilines is 1. The minimum atomic E-state index is -0.420. The van der Waals surface area contributed by atoms with Crippen molar-refractivity contribution in [2.45, 2.75) is 36.9 Å². The molecule has 2 aromatic heterocycles. The van der Waals surface area contributed by atoms with Crippen molar-refractivity contribution in [3.63, 3.8) is 0 Å². The number of fused-ring (bicyclic) bond motifs is 1. The number of rotatable bonds is 7. The van der Waals surface area contributed by atoms with Crippen LogP contribution < -0.4 is 10.9 Å². The van der Waals surface area contributed by atoms with Crippen LogP contribution in [-0.2, 0) is 10.5 Å².